The number of thiazole rings is 1. The maximum absolute atomic E-state index is 13.3. The Morgan fingerprint density at radius 2 is 2.06 bits per heavy atom. The normalized spacial score (nSPS) is 20.4. The van der Waals surface area contributed by atoms with Crippen LogP contribution < -0.4 is 4.90 Å². The molecule has 2 aliphatic heterocycles. The van der Waals surface area contributed by atoms with Gasteiger partial charge in [-0.2, -0.15) is 5.10 Å². The molecule has 2 aliphatic rings. The van der Waals surface area contributed by atoms with Crippen LogP contribution in [0.1, 0.15) is 19.3 Å². The molecule has 1 atom stereocenters. The highest BCUT2D eigenvalue weighted by molar-refractivity contribution is 7.91. The Balaban J connectivity index is 1.59. The van der Waals surface area contributed by atoms with E-state index in [-0.39, 0.29) is 48.4 Å². The van der Waals surface area contributed by atoms with Gasteiger partial charge in [0.25, 0.3) is 5.91 Å². The highest BCUT2D eigenvalue weighted by atomic mass is 32.2. The first-order chi connectivity index (χ1) is 14.9. The zero-order valence-corrected chi connectivity index (χ0v) is 18.4. The fourth-order valence-corrected chi connectivity index (χ4v) is 6.18. The molecule has 162 valence electrons. The molecular weight excluding hydrogens is 436 g/mol. The summed E-state index contributed by atoms with van der Waals surface area (Å²) in [7, 11) is -3.18. The van der Waals surface area contributed by atoms with Gasteiger partial charge in [-0.3, -0.25) is 14.5 Å². The molecule has 31 heavy (non-hydrogen) atoms. The number of hydrogen-bond acceptors (Lipinski definition) is 7. The third kappa shape index (κ3) is 4.59. The summed E-state index contributed by atoms with van der Waals surface area (Å²) in [6.07, 6.45) is 2.27. The number of nitrogens with zero attached hydrogens (tertiary/aromatic N) is 4. The minimum Gasteiger partial charge on any atom is -0.279 e. The van der Waals surface area contributed by atoms with Crippen molar-refractivity contribution < 1.29 is 18.0 Å². The van der Waals surface area contributed by atoms with Crippen LogP contribution in [0.25, 0.3) is 11.3 Å². The van der Waals surface area contributed by atoms with Crippen molar-refractivity contribution in [2.24, 2.45) is 5.10 Å². The Hall–Kier alpha value is -2.85. The lowest BCUT2D eigenvalue weighted by atomic mass is 10.1. The van der Waals surface area contributed by atoms with Crippen LogP contribution in [0.3, 0.4) is 0 Å². The molecule has 1 unspecified atom stereocenters. The molecule has 0 spiro atoms. The largest absolute Gasteiger partial charge is 0.279 e. The molecule has 1 aromatic heterocycles. The first-order valence-corrected chi connectivity index (χ1v) is 12.6. The molecule has 1 aromatic carbocycles. The van der Waals surface area contributed by atoms with E-state index in [9.17, 15) is 18.0 Å². The minimum absolute atomic E-state index is 0.0320. The van der Waals surface area contributed by atoms with Crippen molar-refractivity contribution in [3.05, 3.63) is 48.4 Å². The molecular formula is C21H22N4O4S2. The molecule has 4 rings (SSSR count). The van der Waals surface area contributed by atoms with Gasteiger partial charge in [-0.1, -0.05) is 36.4 Å². The predicted molar refractivity (Wildman–Crippen MR) is 121 cm³/mol. The first kappa shape index (κ1) is 21.4. The number of carbonyl (C=O) groups is 2. The zero-order valence-electron chi connectivity index (χ0n) is 16.8. The van der Waals surface area contributed by atoms with Crippen molar-refractivity contribution in [3.8, 4) is 11.3 Å². The lowest BCUT2D eigenvalue weighted by Gasteiger charge is -2.29. The Morgan fingerprint density at radius 1 is 1.29 bits per heavy atom. The lowest BCUT2D eigenvalue weighted by molar-refractivity contribution is -0.133. The van der Waals surface area contributed by atoms with Crippen molar-refractivity contribution in [3.63, 3.8) is 0 Å². The van der Waals surface area contributed by atoms with E-state index in [1.807, 2.05) is 35.7 Å². The Kier molecular flexibility index (Phi) is 6.01. The lowest BCUT2D eigenvalue weighted by Crippen LogP contribution is -2.45. The molecule has 0 saturated carbocycles. The minimum atomic E-state index is -3.18. The summed E-state index contributed by atoms with van der Waals surface area (Å²) in [5, 5.41) is 7.89. The highest BCUT2D eigenvalue weighted by Crippen LogP contribution is 2.29. The number of rotatable bonds is 6. The van der Waals surface area contributed by atoms with E-state index in [0.29, 0.717) is 11.6 Å². The quantitative estimate of drug-likeness (QED) is 0.619. The number of aromatic nitrogens is 1. The van der Waals surface area contributed by atoms with E-state index in [1.165, 1.54) is 21.2 Å². The summed E-state index contributed by atoms with van der Waals surface area (Å²) in [6, 6.07) is 9.15. The summed E-state index contributed by atoms with van der Waals surface area (Å²) in [6.45, 7) is 3.98. The van der Waals surface area contributed by atoms with Crippen molar-refractivity contribution in [2.75, 3.05) is 23.0 Å². The van der Waals surface area contributed by atoms with Gasteiger partial charge >= 0.3 is 0 Å². The Labute approximate surface area is 184 Å². The molecule has 1 saturated heterocycles. The molecule has 0 N–H and O–H groups in total. The number of hydrazone groups is 1. The van der Waals surface area contributed by atoms with Crippen molar-refractivity contribution in [2.45, 2.75) is 25.3 Å². The Morgan fingerprint density at radius 3 is 2.74 bits per heavy atom. The number of anilines is 1. The second kappa shape index (κ2) is 8.72. The molecule has 0 aliphatic carbocycles. The summed E-state index contributed by atoms with van der Waals surface area (Å²) in [5.74, 6) is -0.696. The van der Waals surface area contributed by atoms with E-state index in [1.54, 1.807) is 6.08 Å². The maximum Gasteiger partial charge on any atom is 0.276 e. The second-order valence-corrected chi connectivity index (χ2v) is 10.5. The molecule has 1 fully saturated rings. The van der Waals surface area contributed by atoms with Crippen molar-refractivity contribution in [1.82, 2.24) is 9.99 Å². The van der Waals surface area contributed by atoms with E-state index in [0.717, 1.165) is 11.3 Å². The van der Waals surface area contributed by atoms with Gasteiger partial charge < -0.3 is 0 Å². The average Bonchev–Trinajstić information content (AvgIpc) is 3.39. The van der Waals surface area contributed by atoms with Crippen molar-refractivity contribution >= 4 is 43.8 Å². The SMILES string of the molecule is C=CCN(C(=O)C1=NN(C2CCS(=O)(=O)C2)C(=O)CC1)c1nc(-c2ccccc2)cs1. The highest BCUT2D eigenvalue weighted by Gasteiger charge is 2.38. The van der Waals surface area contributed by atoms with Crippen LogP contribution in [0.5, 0.6) is 0 Å². The van der Waals surface area contributed by atoms with Gasteiger partial charge in [-0.15, -0.1) is 17.9 Å². The van der Waals surface area contributed by atoms with Gasteiger partial charge in [0.15, 0.2) is 15.0 Å². The van der Waals surface area contributed by atoms with Crippen LogP contribution in [-0.2, 0) is 19.4 Å². The van der Waals surface area contributed by atoms with E-state index in [4.69, 9.17) is 0 Å². The number of benzene rings is 1. The number of carbonyl (C=O) groups excluding carboxylic acids is 2. The zero-order chi connectivity index (χ0) is 22.0. The van der Waals surface area contributed by atoms with Crippen LogP contribution >= 0.6 is 11.3 Å². The van der Waals surface area contributed by atoms with Gasteiger partial charge in [-0.25, -0.2) is 18.4 Å². The van der Waals surface area contributed by atoms with Gasteiger partial charge in [0, 0.05) is 30.3 Å². The number of amides is 2. The number of hydrogen-bond donors (Lipinski definition) is 0. The molecule has 10 heteroatoms. The summed E-state index contributed by atoms with van der Waals surface area (Å²) < 4.78 is 23.6. The second-order valence-electron chi connectivity index (χ2n) is 7.43. The first-order valence-electron chi connectivity index (χ1n) is 9.91. The molecule has 3 heterocycles. The third-order valence-corrected chi connectivity index (χ3v) is 7.82. The third-order valence-electron chi connectivity index (χ3n) is 5.21. The van der Waals surface area contributed by atoms with Crippen LogP contribution in [0.2, 0.25) is 0 Å². The predicted octanol–water partition coefficient (Wildman–Crippen LogP) is 2.49. The molecule has 0 bridgehead atoms. The molecule has 8 nitrogen and oxygen atoms in total. The van der Waals surface area contributed by atoms with Gasteiger partial charge in [-0.05, 0) is 6.42 Å². The average molecular weight is 459 g/mol. The molecule has 0 radical (unpaired) electrons. The van der Waals surface area contributed by atoms with Gasteiger partial charge in [0.1, 0.15) is 5.71 Å². The van der Waals surface area contributed by atoms with E-state index < -0.39 is 15.9 Å². The maximum atomic E-state index is 13.3. The van der Waals surface area contributed by atoms with Gasteiger partial charge in [0.05, 0.1) is 23.2 Å². The molecule has 2 aromatic rings. The van der Waals surface area contributed by atoms with E-state index in [2.05, 4.69) is 16.7 Å². The Bertz CT molecular complexity index is 1140. The fourth-order valence-electron chi connectivity index (χ4n) is 3.64. The van der Waals surface area contributed by atoms with Crippen molar-refractivity contribution in [1.29, 1.82) is 0 Å². The fraction of sp³-hybridized carbons (Fsp3) is 0.333. The summed E-state index contributed by atoms with van der Waals surface area (Å²) >= 11 is 1.34. The van der Waals surface area contributed by atoms with Crippen LogP contribution in [0, 0.1) is 0 Å². The monoisotopic (exact) mass is 458 g/mol. The molecule has 2 amide bonds. The van der Waals surface area contributed by atoms with Gasteiger partial charge in [0.2, 0.25) is 5.91 Å². The van der Waals surface area contributed by atoms with E-state index >= 15 is 0 Å². The smallest absolute Gasteiger partial charge is 0.276 e. The standard InChI is InChI=1S/C21H22N4O4S2/c1-2-11-24(21-22-18(13-30-21)15-6-4-3-5-7-15)20(27)17-8-9-19(26)25(23-17)16-10-12-31(28,29)14-16/h2-7,13,16H,1,8-12,14H2. The van der Waals surface area contributed by atoms with Crippen LogP contribution in [0.15, 0.2) is 53.5 Å². The number of sulfone groups is 1. The van der Waals surface area contributed by atoms with Crippen LogP contribution in [-0.4, -0.2) is 60.0 Å². The summed E-state index contributed by atoms with van der Waals surface area (Å²) in [4.78, 5) is 31.7. The summed E-state index contributed by atoms with van der Waals surface area (Å²) in [5.41, 5.74) is 1.94. The topological polar surface area (TPSA) is 100 Å². The van der Waals surface area contributed by atoms with Crippen LogP contribution in [0.4, 0.5) is 5.13 Å².